The maximum Gasteiger partial charge on any atom is 0.227 e. The molecule has 0 saturated carbocycles. The number of hydrogen-bond acceptors (Lipinski definition) is 6. The van der Waals surface area contributed by atoms with Crippen LogP contribution in [0.1, 0.15) is 12.7 Å². The van der Waals surface area contributed by atoms with Gasteiger partial charge in [-0.05, 0) is 19.1 Å². The van der Waals surface area contributed by atoms with Crippen LogP contribution in [-0.2, 0) is 26.9 Å². The van der Waals surface area contributed by atoms with Crippen molar-refractivity contribution in [3.63, 3.8) is 0 Å². The molecule has 0 saturated heterocycles. The molecule has 2 aromatic rings. The molecule has 0 aliphatic rings. The Morgan fingerprint density at radius 3 is 2.55 bits per heavy atom. The minimum atomic E-state index is -3.49. The molecule has 0 atom stereocenters. The SMILES string of the molecule is CCn1c(CS(=O)(=O)c2ccccc2)nnc1SCC(N)=O. The van der Waals surface area contributed by atoms with E-state index < -0.39 is 15.7 Å². The molecule has 0 fully saturated rings. The zero-order valence-corrected chi connectivity index (χ0v) is 13.6. The van der Waals surface area contributed by atoms with Gasteiger partial charge in [-0.3, -0.25) is 4.79 Å². The summed E-state index contributed by atoms with van der Waals surface area (Å²) in [6, 6.07) is 8.19. The van der Waals surface area contributed by atoms with E-state index in [1.54, 1.807) is 34.9 Å². The Kier molecular flexibility index (Phi) is 5.19. The van der Waals surface area contributed by atoms with Gasteiger partial charge in [-0.15, -0.1) is 10.2 Å². The number of aromatic nitrogens is 3. The minimum Gasteiger partial charge on any atom is -0.369 e. The van der Waals surface area contributed by atoms with Gasteiger partial charge in [0.05, 0.1) is 10.6 Å². The van der Waals surface area contributed by atoms with Gasteiger partial charge in [-0.2, -0.15) is 0 Å². The van der Waals surface area contributed by atoms with Gasteiger partial charge in [0, 0.05) is 6.54 Å². The van der Waals surface area contributed by atoms with Crippen molar-refractivity contribution in [1.29, 1.82) is 0 Å². The fourth-order valence-electron chi connectivity index (χ4n) is 1.87. The first kappa shape index (κ1) is 16.5. The zero-order valence-electron chi connectivity index (χ0n) is 12.0. The lowest BCUT2D eigenvalue weighted by molar-refractivity contribution is -0.115. The van der Waals surface area contributed by atoms with E-state index in [9.17, 15) is 13.2 Å². The molecule has 1 aromatic heterocycles. The Labute approximate surface area is 132 Å². The van der Waals surface area contributed by atoms with Crippen molar-refractivity contribution in [2.45, 2.75) is 29.3 Å². The average Bonchev–Trinajstić information content (AvgIpc) is 2.87. The van der Waals surface area contributed by atoms with Crippen LogP contribution in [0.15, 0.2) is 40.4 Å². The van der Waals surface area contributed by atoms with Crippen LogP contribution in [0.5, 0.6) is 0 Å². The highest BCUT2D eigenvalue weighted by molar-refractivity contribution is 7.99. The largest absolute Gasteiger partial charge is 0.369 e. The van der Waals surface area contributed by atoms with Gasteiger partial charge in [-0.25, -0.2) is 8.42 Å². The molecule has 0 radical (unpaired) electrons. The first-order valence-corrected chi connectivity index (χ1v) is 9.19. The summed E-state index contributed by atoms with van der Waals surface area (Å²) in [5.41, 5.74) is 5.10. The number of thioether (sulfide) groups is 1. The second-order valence-corrected chi connectivity index (χ2v) is 7.40. The molecular weight excluding hydrogens is 324 g/mol. The van der Waals surface area contributed by atoms with Gasteiger partial charge in [0.2, 0.25) is 5.91 Å². The number of amides is 1. The van der Waals surface area contributed by atoms with Gasteiger partial charge in [-0.1, -0.05) is 30.0 Å². The predicted octanol–water partition coefficient (Wildman–Crippen LogP) is 0.849. The van der Waals surface area contributed by atoms with Crippen LogP contribution in [0, 0.1) is 0 Å². The summed E-state index contributed by atoms with van der Waals surface area (Å²) < 4.78 is 26.4. The Morgan fingerprint density at radius 1 is 1.27 bits per heavy atom. The summed E-state index contributed by atoms with van der Waals surface area (Å²) in [5, 5.41) is 8.36. The van der Waals surface area contributed by atoms with Gasteiger partial charge >= 0.3 is 0 Å². The average molecular weight is 340 g/mol. The molecule has 2 N–H and O–H groups in total. The van der Waals surface area contributed by atoms with Crippen molar-refractivity contribution in [1.82, 2.24) is 14.8 Å². The van der Waals surface area contributed by atoms with Crippen molar-refractivity contribution >= 4 is 27.5 Å². The van der Waals surface area contributed by atoms with E-state index in [1.165, 1.54) is 0 Å². The molecule has 0 bridgehead atoms. The smallest absolute Gasteiger partial charge is 0.227 e. The maximum atomic E-state index is 12.4. The van der Waals surface area contributed by atoms with Crippen LogP contribution < -0.4 is 5.73 Å². The molecule has 2 rings (SSSR count). The van der Waals surface area contributed by atoms with Crippen molar-refractivity contribution in [3.8, 4) is 0 Å². The Bertz CT molecular complexity index is 757. The van der Waals surface area contributed by atoms with Crippen LogP contribution in [0.4, 0.5) is 0 Å². The highest BCUT2D eigenvalue weighted by Gasteiger charge is 2.21. The third-order valence-electron chi connectivity index (χ3n) is 2.87. The van der Waals surface area contributed by atoms with Crippen LogP contribution >= 0.6 is 11.8 Å². The summed E-state index contributed by atoms with van der Waals surface area (Å²) in [5.74, 6) is -0.286. The fraction of sp³-hybridized carbons (Fsp3) is 0.308. The number of benzene rings is 1. The van der Waals surface area contributed by atoms with Crippen LogP contribution in [0.2, 0.25) is 0 Å². The monoisotopic (exact) mass is 340 g/mol. The second kappa shape index (κ2) is 6.93. The van der Waals surface area contributed by atoms with Crippen molar-refractivity contribution < 1.29 is 13.2 Å². The third kappa shape index (κ3) is 3.86. The standard InChI is InChI=1S/C13H16N4O3S2/c1-2-17-12(15-16-13(17)21-8-11(14)18)9-22(19,20)10-6-4-3-5-7-10/h3-7H,2,8-9H2,1H3,(H2,14,18). The van der Waals surface area contributed by atoms with E-state index in [4.69, 9.17) is 5.73 Å². The molecule has 1 aromatic carbocycles. The third-order valence-corrected chi connectivity index (χ3v) is 5.49. The number of primary amides is 1. The fourth-order valence-corrected chi connectivity index (χ4v) is 3.92. The number of carbonyl (C=O) groups excluding carboxylic acids is 1. The molecule has 1 heterocycles. The minimum absolute atomic E-state index is 0.0730. The van der Waals surface area contributed by atoms with Gasteiger partial charge < -0.3 is 10.3 Å². The van der Waals surface area contributed by atoms with Crippen molar-refractivity contribution in [2.75, 3.05) is 5.75 Å². The first-order valence-electron chi connectivity index (χ1n) is 6.55. The highest BCUT2D eigenvalue weighted by Crippen LogP contribution is 2.20. The molecule has 7 nitrogen and oxygen atoms in total. The number of rotatable bonds is 7. The maximum absolute atomic E-state index is 12.4. The van der Waals surface area contributed by atoms with E-state index in [-0.39, 0.29) is 16.4 Å². The molecule has 1 amide bonds. The molecule has 0 aliphatic heterocycles. The van der Waals surface area contributed by atoms with E-state index in [2.05, 4.69) is 10.2 Å². The normalized spacial score (nSPS) is 11.5. The van der Waals surface area contributed by atoms with Crippen LogP contribution in [-0.4, -0.2) is 34.8 Å². The molecule has 0 aliphatic carbocycles. The van der Waals surface area contributed by atoms with Gasteiger partial charge in [0.25, 0.3) is 0 Å². The van der Waals surface area contributed by atoms with Crippen molar-refractivity contribution in [3.05, 3.63) is 36.2 Å². The topological polar surface area (TPSA) is 108 Å². The quantitative estimate of drug-likeness (QED) is 0.749. The summed E-state index contributed by atoms with van der Waals surface area (Å²) in [6.45, 7) is 2.37. The Hall–Kier alpha value is -1.87. The number of nitrogens with zero attached hydrogens (tertiary/aromatic N) is 3. The zero-order chi connectivity index (χ0) is 16.2. The lowest BCUT2D eigenvalue weighted by Crippen LogP contribution is -2.14. The lowest BCUT2D eigenvalue weighted by atomic mass is 10.4. The molecule has 0 spiro atoms. The second-order valence-electron chi connectivity index (χ2n) is 4.47. The lowest BCUT2D eigenvalue weighted by Gasteiger charge is -2.07. The van der Waals surface area contributed by atoms with Crippen LogP contribution in [0.25, 0.3) is 0 Å². The summed E-state index contributed by atoms with van der Waals surface area (Å²) in [7, 11) is -3.49. The van der Waals surface area contributed by atoms with Gasteiger partial charge in [0.1, 0.15) is 11.6 Å². The van der Waals surface area contributed by atoms with Crippen LogP contribution in [0.3, 0.4) is 0 Å². The molecule has 118 valence electrons. The molecule has 0 unspecified atom stereocenters. The number of nitrogens with two attached hydrogens (primary N) is 1. The first-order chi connectivity index (χ1) is 10.4. The van der Waals surface area contributed by atoms with E-state index in [0.29, 0.717) is 17.5 Å². The summed E-state index contributed by atoms with van der Waals surface area (Å²) in [4.78, 5) is 11.1. The van der Waals surface area contributed by atoms with E-state index in [0.717, 1.165) is 11.8 Å². The molecule has 9 heteroatoms. The number of hydrogen-bond donors (Lipinski definition) is 1. The van der Waals surface area contributed by atoms with Gasteiger partial charge in [0.15, 0.2) is 15.0 Å². The summed E-state index contributed by atoms with van der Waals surface area (Å²) >= 11 is 1.14. The van der Waals surface area contributed by atoms with E-state index in [1.807, 2.05) is 6.92 Å². The Balaban J connectivity index is 2.25. The number of carbonyl (C=O) groups is 1. The Morgan fingerprint density at radius 2 is 1.95 bits per heavy atom. The summed E-state index contributed by atoms with van der Waals surface area (Å²) in [6.07, 6.45) is 0. The molecule has 22 heavy (non-hydrogen) atoms. The van der Waals surface area contributed by atoms with Crippen molar-refractivity contribution in [2.24, 2.45) is 5.73 Å². The predicted molar refractivity (Wildman–Crippen MR) is 82.9 cm³/mol. The number of sulfone groups is 1. The van der Waals surface area contributed by atoms with E-state index >= 15 is 0 Å². The highest BCUT2D eigenvalue weighted by atomic mass is 32.2. The molecular formula is C13H16N4O3S2.